The van der Waals surface area contributed by atoms with E-state index in [1.54, 1.807) is 4.68 Å². The van der Waals surface area contributed by atoms with Crippen molar-refractivity contribution >= 4 is 21.7 Å². The molecule has 0 aliphatic carbocycles. The second-order valence-electron chi connectivity index (χ2n) is 3.10. The highest BCUT2D eigenvalue weighted by molar-refractivity contribution is 9.10. The standard InChI is InChI=1S/C9H10BrN5/c1-15-5-7(4-14-15)3-11-9-2-8(10)12-6-13-9/h2,4-6H,3H2,1H3,(H,11,12,13). The third-order valence-electron chi connectivity index (χ3n) is 1.87. The maximum absolute atomic E-state index is 4.08. The van der Waals surface area contributed by atoms with E-state index in [9.17, 15) is 0 Å². The number of nitrogens with one attached hydrogen (secondary N) is 1. The molecule has 0 saturated heterocycles. The molecule has 0 amide bonds. The minimum absolute atomic E-state index is 0.706. The molecule has 0 aromatic carbocycles. The van der Waals surface area contributed by atoms with Crippen molar-refractivity contribution in [1.29, 1.82) is 0 Å². The van der Waals surface area contributed by atoms with E-state index in [4.69, 9.17) is 0 Å². The summed E-state index contributed by atoms with van der Waals surface area (Å²) in [5.74, 6) is 0.792. The van der Waals surface area contributed by atoms with E-state index in [1.807, 2.05) is 25.5 Å². The van der Waals surface area contributed by atoms with Crippen LogP contribution in [0.25, 0.3) is 0 Å². The number of nitrogens with zero attached hydrogens (tertiary/aromatic N) is 4. The first-order chi connectivity index (χ1) is 7.24. The van der Waals surface area contributed by atoms with E-state index in [-0.39, 0.29) is 0 Å². The monoisotopic (exact) mass is 267 g/mol. The minimum Gasteiger partial charge on any atom is -0.366 e. The van der Waals surface area contributed by atoms with E-state index < -0.39 is 0 Å². The summed E-state index contributed by atoms with van der Waals surface area (Å²) < 4.78 is 2.54. The number of aromatic nitrogens is 4. The molecule has 5 nitrogen and oxygen atoms in total. The van der Waals surface area contributed by atoms with Gasteiger partial charge in [-0.15, -0.1) is 0 Å². The zero-order chi connectivity index (χ0) is 10.7. The zero-order valence-corrected chi connectivity index (χ0v) is 9.77. The third-order valence-corrected chi connectivity index (χ3v) is 2.30. The molecule has 0 radical (unpaired) electrons. The van der Waals surface area contributed by atoms with Crippen LogP contribution in [0.1, 0.15) is 5.56 Å². The molecule has 0 aliphatic heterocycles. The fourth-order valence-corrected chi connectivity index (χ4v) is 1.49. The summed E-state index contributed by atoms with van der Waals surface area (Å²) in [6, 6.07) is 1.83. The number of hydrogen-bond donors (Lipinski definition) is 1. The van der Waals surface area contributed by atoms with Gasteiger partial charge in [-0.05, 0) is 15.9 Å². The summed E-state index contributed by atoms with van der Waals surface area (Å²) >= 11 is 3.28. The molecule has 2 aromatic rings. The van der Waals surface area contributed by atoms with Gasteiger partial charge in [-0.3, -0.25) is 4.68 Å². The molecule has 0 fully saturated rings. The van der Waals surface area contributed by atoms with Crippen LogP contribution in [0.4, 0.5) is 5.82 Å². The molecule has 2 aromatic heterocycles. The Morgan fingerprint density at radius 1 is 1.47 bits per heavy atom. The van der Waals surface area contributed by atoms with Crippen molar-refractivity contribution < 1.29 is 0 Å². The fraction of sp³-hybridized carbons (Fsp3) is 0.222. The Labute approximate surface area is 95.7 Å². The van der Waals surface area contributed by atoms with Crippen molar-refractivity contribution in [2.75, 3.05) is 5.32 Å². The molecule has 15 heavy (non-hydrogen) atoms. The van der Waals surface area contributed by atoms with Gasteiger partial charge in [0.05, 0.1) is 6.20 Å². The Morgan fingerprint density at radius 2 is 2.33 bits per heavy atom. The van der Waals surface area contributed by atoms with Crippen molar-refractivity contribution in [3.63, 3.8) is 0 Å². The average Bonchev–Trinajstić information content (AvgIpc) is 2.62. The Balaban J connectivity index is 1.99. The molecule has 0 saturated carbocycles. The molecule has 1 N–H and O–H groups in total. The minimum atomic E-state index is 0.706. The van der Waals surface area contributed by atoms with E-state index in [2.05, 4.69) is 36.3 Å². The molecular formula is C9H10BrN5. The predicted octanol–water partition coefficient (Wildman–Crippen LogP) is 1.58. The van der Waals surface area contributed by atoms with Gasteiger partial charge >= 0.3 is 0 Å². The number of rotatable bonds is 3. The van der Waals surface area contributed by atoms with Crippen molar-refractivity contribution in [3.8, 4) is 0 Å². The number of aryl methyl sites for hydroxylation is 1. The quantitative estimate of drug-likeness (QED) is 0.859. The number of hydrogen-bond acceptors (Lipinski definition) is 4. The van der Waals surface area contributed by atoms with Crippen LogP contribution in [0.15, 0.2) is 29.4 Å². The largest absolute Gasteiger partial charge is 0.366 e. The lowest BCUT2D eigenvalue weighted by Gasteiger charge is -2.02. The predicted molar refractivity (Wildman–Crippen MR) is 60.3 cm³/mol. The summed E-state index contributed by atoms with van der Waals surface area (Å²) in [6.45, 7) is 0.706. The Morgan fingerprint density at radius 3 is 3.00 bits per heavy atom. The summed E-state index contributed by atoms with van der Waals surface area (Å²) in [4.78, 5) is 8.03. The highest BCUT2D eigenvalue weighted by atomic mass is 79.9. The smallest absolute Gasteiger partial charge is 0.130 e. The molecule has 6 heteroatoms. The van der Waals surface area contributed by atoms with Crippen LogP contribution in [-0.2, 0) is 13.6 Å². The summed E-state index contributed by atoms with van der Waals surface area (Å²) in [7, 11) is 1.89. The van der Waals surface area contributed by atoms with Gasteiger partial charge in [0.2, 0.25) is 0 Å². The Kier molecular flexibility index (Phi) is 2.96. The maximum Gasteiger partial charge on any atom is 0.130 e. The molecule has 0 spiro atoms. The van der Waals surface area contributed by atoms with E-state index in [0.29, 0.717) is 6.54 Å². The van der Waals surface area contributed by atoms with Gasteiger partial charge in [-0.2, -0.15) is 5.10 Å². The highest BCUT2D eigenvalue weighted by Crippen LogP contribution is 2.10. The van der Waals surface area contributed by atoms with Crippen LogP contribution in [-0.4, -0.2) is 19.7 Å². The van der Waals surface area contributed by atoms with Gasteiger partial charge in [0.25, 0.3) is 0 Å². The second-order valence-corrected chi connectivity index (χ2v) is 3.91. The van der Waals surface area contributed by atoms with Crippen molar-refractivity contribution in [1.82, 2.24) is 19.7 Å². The average molecular weight is 268 g/mol. The second kappa shape index (κ2) is 4.39. The van der Waals surface area contributed by atoms with Gasteiger partial charge in [0.15, 0.2) is 0 Å². The first kappa shape index (κ1) is 10.1. The van der Waals surface area contributed by atoms with Crippen LogP contribution >= 0.6 is 15.9 Å². The Bertz CT molecular complexity index is 453. The van der Waals surface area contributed by atoms with Gasteiger partial charge in [0.1, 0.15) is 16.7 Å². The lowest BCUT2D eigenvalue weighted by molar-refractivity contribution is 0.767. The summed E-state index contributed by atoms with van der Waals surface area (Å²) in [5.41, 5.74) is 1.12. The number of anilines is 1. The van der Waals surface area contributed by atoms with Crippen molar-refractivity contribution in [3.05, 3.63) is 35.0 Å². The van der Waals surface area contributed by atoms with Gasteiger partial charge < -0.3 is 5.32 Å². The molecule has 0 unspecified atom stereocenters. The molecule has 2 rings (SSSR count). The van der Waals surface area contributed by atoms with Crippen LogP contribution in [0.3, 0.4) is 0 Å². The first-order valence-corrected chi connectivity index (χ1v) is 5.22. The lowest BCUT2D eigenvalue weighted by atomic mass is 10.3. The lowest BCUT2D eigenvalue weighted by Crippen LogP contribution is -2.00. The zero-order valence-electron chi connectivity index (χ0n) is 8.18. The van der Waals surface area contributed by atoms with E-state index in [1.165, 1.54) is 6.33 Å². The molecule has 2 heterocycles. The van der Waals surface area contributed by atoms with Crippen LogP contribution in [0, 0.1) is 0 Å². The normalized spacial score (nSPS) is 10.3. The molecule has 78 valence electrons. The van der Waals surface area contributed by atoms with Crippen LogP contribution < -0.4 is 5.32 Å². The summed E-state index contributed by atoms with van der Waals surface area (Å²) in [6.07, 6.45) is 5.29. The molecule has 0 atom stereocenters. The SMILES string of the molecule is Cn1cc(CNc2cc(Br)ncn2)cn1. The Hall–Kier alpha value is -1.43. The van der Waals surface area contributed by atoms with E-state index >= 15 is 0 Å². The van der Waals surface area contributed by atoms with Crippen LogP contribution in [0.5, 0.6) is 0 Å². The fourth-order valence-electron chi connectivity index (χ4n) is 1.19. The van der Waals surface area contributed by atoms with Crippen molar-refractivity contribution in [2.24, 2.45) is 7.05 Å². The number of halogens is 1. The first-order valence-electron chi connectivity index (χ1n) is 4.43. The van der Waals surface area contributed by atoms with Gasteiger partial charge in [-0.25, -0.2) is 9.97 Å². The van der Waals surface area contributed by atoms with Gasteiger partial charge in [0, 0.05) is 31.4 Å². The van der Waals surface area contributed by atoms with Crippen molar-refractivity contribution in [2.45, 2.75) is 6.54 Å². The third kappa shape index (κ3) is 2.76. The summed E-state index contributed by atoms with van der Waals surface area (Å²) in [5, 5.41) is 7.26. The topological polar surface area (TPSA) is 55.6 Å². The van der Waals surface area contributed by atoms with Crippen LogP contribution in [0.2, 0.25) is 0 Å². The molecular weight excluding hydrogens is 258 g/mol. The van der Waals surface area contributed by atoms with E-state index in [0.717, 1.165) is 16.0 Å². The maximum atomic E-state index is 4.08. The highest BCUT2D eigenvalue weighted by Gasteiger charge is 1.98. The molecule has 0 aliphatic rings. The van der Waals surface area contributed by atoms with Gasteiger partial charge in [-0.1, -0.05) is 0 Å². The molecule has 0 bridgehead atoms.